The highest BCUT2D eigenvalue weighted by Crippen LogP contribution is 2.28. The molecule has 1 rings (SSSR count). The molecule has 0 saturated heterocycles. The smallest absolute Gasteiger partial charge is 0.330 e. The van der Waals surface area contributed by atoms with Crippen LogP contribution in [0.15, 0.2) is 23.1 Å². The molecule has 18 heavy (non-hydrogen) atoms. The van der Waals surface area contributed by atoms with Gasteiger partial charge in [-0.05, 0) is 18.2 Å². The van der Waals surface area contributed by atoms with Crippen LogP contribution in [0.25, 0.3) is 0 Å². The summed E-state index contributed by atoms with van der Waals surface area (Å²) >= 11 is 5.46. The highest BCUT2D eigenvalue weighted by atomic mass is 35.5. The molecule has 0 radical (unpaired) electrons. The molecule has 0 aliphatic rings. The zero-order valence-electron chi connectivity index (χ0n) is 9.01. The van der Waals surface area contributed by atoms with Crippen LogP contribution < -0.4 is 5.73 Å². The standard InChI is InChI=1S/C10H10ClF4NOS/c11-8-3-7(1-2-9(8)12)18(17)5-6(4-16)10(13,14)15/h1-3,6H,4-5,16H2. The third kappa shape index (κ3) is 3.93. The summed E-state index contributed by atoms with van der Waals surface area (Å²) in [5.41, 5.74) is 5.00. The molecule has 0 heterocycles. The van der Waals surface area contributed by atoms with E-state index in [0.717, 1.165) is 18.2 Å². The molecule has 0 aromatic heterocycles. The SMILES string of the molecule is NCC(CS(=O)c1ccc(F)c(Cl)c1)C(F)(F)F. The maximum Gasteiger partial charge on any atom is 0.393 e. The van der Waals surface area contributed by atoms with Gasteiger partial charge in [0.05, 0.1) is 21.7 Å². The van der Waals surface area contributed by atoms with Crippen molar-refractivity contribution in [2.24, 2.45) is 11.7 Å². The minimum atomic E-state index is -4.51. The van der Waals surface area contributed by atoms with E-state index in [9.17, 15) is 21.8 Å². The van der Waals surface area contributed by atoms with Crippen LogP contribution >= 0.6 is 11.6 Å². The monoisotopic (exact) mass is 303 g/mol. The van der Waals surface area contributed by atoms with Crippen LogP contribution in [-0.2, 0) is 10.8 Å². The summed E-state index contributed by atoms with van der Waals surface area (Å²) < 4.78 is 61.9. The van der Waals surface area contributed by atoms with Gasteiger partial charge in [-0.2, -0.15) is 13.2 Å². The predicted octanol–water partition coefficient (Wildman–Crippen LogP) is 2.72. The fourth-order valence-corrected chi connectivity index (χ4v) is 2.79. The van der Waals surface area contributed by atoms with E-state index in [1.165, 1.54) is 0 Å². The van der Waals surface area contributed by atoms with Crippen LogP contribution in [0.4, 0.5) is 17.6 Å². The minimum absolute atomic E-state index is 0.0455. The molecule has 2 N–H and O–H groups in total. The minimum Gasteiger partial charge on any atom is -0.330 e. The number of rotatable bonds is 4. The molecule has 2 nitrogen and oxygen atoms in total. The zero-order chi connectivity index (χ0) is 13.9. The molecular weight excluding hydrogens is 294 g/mol. The Morgan fingerprint density at radius 1 is 1.39 bits per heavy atom. The van der Waals surface area contributed by atoms with E-state index < -0.39 is 41.0 Å². The average Bonchev–Trinajstić information content (AvgIpc) is 2.27. The number of benzene rings is 1. The third-order valence-corrected chi connectivity index (χ3v) is 4.03. The van der Waals surface area contributed by atoms with E-state index in [-0.39, 0.29) is 9.92 Å². The Morgan fingerprint density at radius 3 is 2.44 bits per heavy atom. The highest BCUT2D eigenvalue weighted by molar-refractivity contribution is 7.85. The van der Waals surface area contributed by atoms with Crippen LogP contribution in [0.5, 0.6) is 0 Å². The molecule has 0 aliphatic heterocycles. The summed E-state index contributed by atoms with van der Waals surface area (Å²) in [4.78, 5) is 0.0455. The first-order chi connectivity index (χ1) is 8.25. The van der Waals surface area contributed by atoms with E-state index >= 15 is 0 Å². The Hall–Kier alpha value is -0.660. The van der Waals surface area contributed by atoms with E-state index in [0.29, 0.717) is 0 Å². The van der Waals surface area contributed by atoms with Gasteiger partial charge < -0.3 is 5.73 Å². The van der Waals surface area contributed by atoms with Gasteiger partial charge in [-0.1, -0.05) is 11.6 Å². The molecule has 0 saturated carbocycles. The van der Waals surface area contributed by atoms with Gasteiger partial charge in [-0.15, -0.1) is 0 Å². The molecular formula is C10H10ClF4NOS. The largest absolute Gasteiger partial charge is 0.393 e. The van der Waals surface area contributed by atoms with E-state index in [4.69, 9.17) is 17.3 Å². The topological polar surface area (TPSA) is 43.1 Å². The third-order valence-electron chi connectivity index (χ3n) is 2.25. The number of halogens is 5. The lowest BCUT2D eigenvalue weighted by Gasteiger charge is -2.17. The van der Waals surface area contributed by atoms with Crippen molar-refractivity contribution in [1.82, 2.24) is 0 Å². The second kappa shape index (κ2) is 5.99. The van der Waals surface area contributed by atoms with Gasteiger partial charge in [0, 0.05) is 17.2 Å². The summed E-state index contributed by atoms with van der Waals surface area (Å²) in [6.45, 7) is -0.649. The van der Waals surface area contributed by atoms with Crippen molar-refractivity contribution in [1.29, 1.82) is 0 Å². The summed E-state index contributed by atoms with van der Waals surface area (Å²) in [5, 5.41) is -0.280. The zero-order valence-corrected chi connectivity index (χ0v) is 10.6. The quantitative estimate of drug-likeness (QED) is 0.869. The normalized spacial score (nSPS) is 15.4. The van der Waals surface area contributed by atoms with Gasteiger partial charge in [0.2, 0.25) is 0 Å². The van der Waals surface area contributed by atoms with Crippen molar-refractivity contribution in [3.8, 4) is 0 Å². The maximum atomic E-state index is 12.8. The molecule has 8 heteroatoms. The van der Waals surface area contributed by atoms with Gasteiger partial charge >= 0.3 is 6.18 Å². The molecule has 0 fully saturated rings. The van der Waals surface area contributed by atoms with Gasteiger partial charge in [-0.25, -0.2) is 4.39 Å². The average molecular weight is 304 g/mol. The predicted molar refractivity (Wildman–Crippen MR) is 61.3 cm³/mol. The van der Waals surface area contributed by atoms with Crippen molar-refractivity contribution in [3.63, 3.8) is 0 Å². The lowest BCUT2D eigenvalue weighted by Crippen LogP contribution is -2.34. The number of nitrogens with two attached hydrogens (primary N) is 1. The Labute approximate surface area is 109 Å². The summed E-state index contributed by atoms with van der Waals surface area (Å²) in [6, 6.07) is 3.15. The van der Waals surface area contributed by atoms with Gasteiger partial charge in [-0.3, -0.25) is 4.21 Å². The number of hydrogen-bond donors (Lipinski definition) is 1. The fourth-order valence-electron chi connectivity index (χ4n) is 1.19. The second-order valence-electron chi connectivity index (χ2n) is 3.56. The van der Waals surface area contributed by atoms with Crippen molar-refractivity contribution >= 4 is 22.4 Å². The molecule has 2 unspecified atom stereocenters. The number of alkyl halides is 3. The Balaban J connectivity index is 2.85. The van der Waals surface area contributed by atoms with E-state index in [1.54, 1.807) is 0 Å². The van der Waals surface area contributed by atoms with Gasteiger partial charge in [0.25, 0.3) is 0 Å². The van der Waals surface area contributed by atoms with Crippen molar-refractivity contribution in [2.75, 3.05) is 12.3 Å². The first kappa shape index (κ1) is 15.4. The van der Waals surface area contributed by atoms with E-state index in [1.807, 2.05) is 0 Å². The Bertz CT molecular complexity index is 452. The Morgan fingerprint density at radius 2 is 2.00 bits per heavy atom. The Kier molecular flexibility index (Phi) is 5.12. The molecule has 102 valence electrons. The van der Waals surface area contributed by atoms with E-state index in [2.05, 4.69) is 0 Å². The first-order valence-corrected chi connectivity index (χ1v) is 6.55. The van der Waals surface area contributed by atoms with Crippen molar-refractivity contribution < 1.29 is 21.8 Å². The van der Waals surface area contributed by atoms with Gasteiger partial charge in [0.15, 0.2) is 0 Å². The number of hydrogen-bond acceptors (Lipinski definition) is 2. The van der Waals surface area contributed by atoms with Crippen LogP contribution in [0.1, 0.15) is 0 Å². The highest BCUT2D eigenvalue weighted by Gasteiger charge is 2.39. The molecule has 0 bridgehead atoms. The van der Waals surface area contributed by atoms with Crippen LogP contribution in [0, 0.1) is 11.7 Å². The summed E-state index contributed by atoms with van der Waals surface area (Å²) in [6.07, 6.45) is -4.51. The van der Waals surface area contributed by atoms with Crippen molar-refractivity contribution in [2.45, 2.75) is 11.1 Å². The lowest BCUT2D eigenvalue weighted by molar-refractivity contribution is -0.165. The molecule has 0 amide bonds. The summed E-state index contributed by atoms with van der Waals surface area (Å²) in [5.74, 6) is -3.24. The fraction of sp³-hybridized carbons (Fsp3) is 0.400. The van der Waals surface area contributed by atoms with Crippen LogP contribution in [0.2, 0.25) is 5.02 Å². The second-order valence-corrected chi connectivity index (χ2v) is 5.47. The van der Waals surface area contributed by atoms with Crippen LogP contribution in [-0.4, -0.2) is 22.7 Å². The molecule has 0 aliphatic carbocycles. The van der Waals surface area contributed by atoms with Gasteiger partial charge in [0.1, 0.15) is 5.82 Å². The molecule has 1 aromatic carbocycles. The van der Waals surface area contributed by atoms with Crippen molar-refractivity contribution in [3.05, 3.63) is 29.0 Å². The summed E-state index contributed by atoms with van der Waals surface area (Å²) in [7, 11) is -1.93. The lowest BCUT2D eigenvalue weighted by atomic mass is 10.2. The van der Waals surface area contributed by atoms with Crippen LogP contribution in [0.3, 0.4) is 0 Å². The molecule has 0 spiro atoms. The first-order valence-electron chi connectivity index (χ1n) is 4.86. The molecule has 2 atom stereocenters. The maximum absolute atomic E-state index is 12.8. The molecule has 1 aromatic rings.